The normalized spacial score (nSPS) is 12.4. The molecule has 1 aromatic carbocycles. The van der Waals surface area contributed by atoms with E-state index < -0.39 is 15.7 Å². The van der Waals surface area contributed by atoms with Gasteiger partial charge in [0.1, 0.15) is 6.61 Å². The van der Waals surface area contributed by atoms with Crippen LogP contribution in [0.1, 0.15) is 18.9 Å². The third-order valence-electron chi connectivity index (χ3n) is 2.50. The molecule has 0 aliphatic rings. The van der Waals surface area contributed by atoms with Crippen molar-refractivity contribution in [1.29, 1.82) is 0 Å². The molecule has 112 valence electrons. The molecule has 8 heteroatoms. The molecule has 3 N–H and O–H groups in total. The van der Waals surface area contributed by atoms with Crippen LogP contribution in [0, 0.1) is 5.82 Å². The number of amidine groups is 1. The molecule has 0 fully saturated rings. The van der Waals surface area contributed by atoms with Crippen LogP contribution in [0.4, 0.5) is 4.39 Å². The molecule has 0 aliphatic carbocycles. The van der Waals surface area contributed by atoms with Crippen molar-refractivity contribution >= 4 is 15.7 Å². The first-order chi connectivity index (χ1) is 9.39. The van der Waals surface area contributed by atoms with E-state index in [0.717, 1.165) is 6.07 Å². The highest BCUT2D eigenvalue weighted by Gasteiger charge is 2.11. The Morgan fingerprint density at radius 3 is 2.70 bits per heavy atom. The third kappa shape index (κ3) is 4.69. The Hall–Kier alpha value is -1.83. The standard InChI is InChI=1S/C12H17FN2O4S/c1-2-6-20(17,18)7-5-19-11-4-3-9(8-10(11)13)12(14)15-16/h3-4,8,16H,2,5-7H2,1H3,(H2,14,15). The highest BCUT2D eigenvalue weighted by atomic mass is 32.2. The lowest BCUT2D eigenvalue weighted by Crippen LogP contribution is -2.17. The number of oxime groups is 1. The summed E-state index contributed by atoms with van der Waals surface area (Å²) in [6.45, 7) is 1.64. The molecule has 0 unspecified atom stereocenters. The van der Waals surface area contributed by atoms with Gasteiger partial charge in [-0.1, -0.05) is 12.1 Å². The second-order valence-electron chi connectivity index (χ2n) is 4.13. The van der Waals surface area contributed by atoms with Gasteiger partial charge in [-0.05, 0) is 24.6 Å². The predicted octanol–water partition coefficient (Wildman–Crippen LogP) is 1.12. The molecule has 0 saturated heterocycles. The number of benzene rings is 1. The van der Waals surface area contributed by atoms with Crippen molar-refractivity contribution in [3.63, 3.8) is 0 Å². The lowest BCUT2D eigenvalue weighted by atomic mass is 10.2. The first kappa shape index (κ1) is 16.2. The molecule has 1 aromatic rings. The average molecular weight is 304 g/mol. The quantitative estimate of drug-likeness (QED) is 0.340. The van der Waals surface area contributed by atoms with Crippen LogP contribution in [-0.2, 0) is 9.84 Å². The Labute approximate surface area is 117 Å². The number of nitrogens with zero attached hydrogens (tertiary/aromatic N) is 1. The van der Waals surface area contributed by atoms with Crippen molar-refractivity contribution in [1.82, 2.24) is 0 Å². The van der Waals surface area contributed by atoms with E-state index in [1.807, 2.05) is 0 Å². The van der Waals surface area contributed by atoms with E-state index in [2.05, 4.69) is 5.16 Å². The second-order valence-corrected chi connectivity index (χ2v) is 6.43. The van der Waals surface area contributed by atoms with Gasteiger partial charge in [0.25, 0.3) is 0 Å². The van der Waals surface area contributed by atoms with E-state index in [-0.39, 0.29) is 35.3 Å². The van der Waals surface area contributed by atoms with Crippen molar-refractivity contribution < 1.29 is 22.8 Å². The number of hydrogen-bond acceptors (Lipinski definition) is 5. The summed E-state index contributed by atoms with van der Waals surface area (Å²) in [7, 11) is -3.16. The molecular formula is C12H17FN2O4S. The van der Waals surface area contributed by atoms with Crippen molar-refractivity contribution in [2.45, 2.75) is 13.3 Å². The van der Waals surface area contributed by atoms with Crippen LogP contribution >= 0.6 is 0 Å². The third-order valence-corrected chi connectivity index (χ3v) is 4.32. The zero-order chi connectivity index (χ0) is 15.2. The van der Waals surface area contributed by atoms with Gasteiger partial charge >= 0.3 is 0 Å². The van der Waals surface area contributed by atoms with E-state index in [9.17, 15) is 12.8 Å². The summed E-state index contributed by atoms with van der Waals surface area (Å²) >= 11 is 0. The van der Waals surface area contributed by atoms with Gasteiger partial charge in [-0.25, -0.2) is 12.8 Å². The molecule has 1 rings (SSSR count). The maximum Gasteiger partial charge on any atom is 0.170 e. The molecule has 6 nitrogen and oxygen atoms in total. The fraction of sp³-hybridized carbons (Fsp3) is 0.417. The smallest absolute Gasteiger partial charge is 0.170 e. The van der Waals surface area contributed by atoms with E-state index in [4.69, 9.17) is 15.7 Å². The van der Waals surface area contributed by atoms with Crippen LogP contribution in [0.25, 0.3) is 0 Å². The summed E-state index contributed by atoms with van der Waals surface area (Å²) in [5, 5.41) is 11.2. The minimum Gasteiger partial charge on any atom is -0.489 e. The van der Waals surface area contributed by atoms with Crippen molar-refractivity contribution in [2.24, 2.45) is 10.9 Å². The largest absolute Gasteiger partial charge is 0.489 e. The van der Waals surface area contributed by atoms with Crippen LogP contribution in [0.2, 0.25) is 0 Å². The summed E-state index contributed by atoms with van der Waals surface area (Å²) in [5.41, 5.74) is 5.52. The van der Waals surface area contributed by atoms with Gasteiger partial charge in [0.15, 0.2) is 27.2 Å². The van der Waals surface area contributed by atoms with E-state index in [0.29, 0.717) is 6.42 Å². The molecule has 0 heterocycles. The summed E-state index contributed by atoms with van der Waals surface area (Å²) in [6.07, 6.45) is 0.533. The lowest BCUT2D eigenvalue weighted by Gasteiger charge is -2.08. The van der Waals surface area contributed by atoms with Crippen molar-refractivity contribution in [3.8, 4) is 5.75 Å². The van der Waals surface area contributed by atoms with E-state index in [1.54, 1.807) is 6.92 Å². The van der Waals surface area contributed by atoms with Gasteiger partial charge in [-0.15, -0.1) is 0 Å². The Balaban J connectivity index is 2.66. The second kappa shape index (κ2) is 7.09. The monoisotopic (exact) mass is 304 g/mol. The molecule has 0 radical (unpaired) electrons. The van der Waals surface area contributed by atoms with Crippen molar-refractivity contribution in [3.05, 3.63) is 29.6 Å². The average Bonchev–Trinajstić information content (AvgIpc) is 2.39. The van der Waals surface area contributed by atoms with Gasteiger partial charge in [-0.3, -0.25) is 0 Å². The van der Waals surface area contributed by atoms with Crippen LogP contribution in [0.5, 0.6) is 5.75 Å². The molecule has 0 saturated carbocycles. The summed E-state index contributed by atoms with van der Waals surface area (Å²) in [5.74, 6) is -1.09. The molecule has 0 spiro atoms. The molecule has 0 aromatic heterocycles. The van der Waals surface area contributed by atoms with Gasteiger partial charge in [0.2, 0.25) is 0 Å². The maximum absolute atomic E-state index is 13.6. The molecular weight excluding hydrogens is 287 g/mol. The number of rotatable bonds is 7. The number of sulfone groups is 1. The maximum atomic E-state index is 13.6. The molecule has 0 amide bonds. The molecule has 0 atom stereocenters. The highest BCUT2D eigenvalue weighted by molar-refractivity contribution is 7.91. The van der Waals surface area contributed by atoms with Crippen molar-refractivity contribution in [2.75, 3.05) is 18.1 Å². The Morgan fingerprint density at radius 1 is 1.45 bits per heavy atom. The van der Waals surface area contributed by atoms with Gasteiger partial charge in [-0.2, -0.15) is 0 Å². The van der Waals surface area contributed by atoms with Gasteiger partial charge in [0, 0.05) is 5.56 Å². The Bertz CT molecular complexity index is 587. The van der Waals surface area contributed by atoms with Crippen LogP contribution in [0.3, 0.4) is 0 Å². The topological polar surface area (TPSA) is 102 Å². The summed E-state index contributed by atoms with van der Waals surface area (Å²) < 4.78 is 41.6. The van der Waals surface area contributed by atoms with Gasteiger partial charge in [0.05, 0.1) is 11.5 Å². The fourth-order valence-corrected chi connectivity index (χ4v) is 2.69. The lowest BCUT2D eigenvalue weighted by molar-refractivity contribution is 0.318. The zero-order valence-corrected chi connectivity index (χ0v) is 11.9. The van der Waals surface area contributed by atoms with Crippen LogP contribution in [0.15, 0.2) is 23.4 Å². The number of ether oxygens (including phenoxy) is 1. The van der Waals surface area contributed by atoms with Crippen LogP contribution in [-0.4, -0.2) is 37.6 Å². The van der Waals surface area contributed by atoms with Crippen LogP contribution < -0.4 is 10.5 Å². The molecule has 20 heavy (non-hydrogen) atoms. The molecule has 0 aliphatic heterocycles. The molecule has 0 bridgehead atoms. The minimum absolute atomic E-state index is 0.0776. The Morgan fingerprint density at radius 2 is 2.15 bits per heavy atom. The Kier molecular flexibility index (Phi) is 5.75. The highest BCUT2D eigenvalue weighted by Crippen LogP contribution is 2.18. The fourth-order valence-electron chi connectivity index (χ4n) is 1.53. The summed E-state index contributed by atoms with van der Waals surface area (Å²) in [4.78, 5) is 0. The SMILES string of the molecule is CCCS(=O)(=O)CCOc1ccc(/C(N)=N/O)cc1F. The first-order valence-electron chi connectivity index (χ1n) is 6.00. The predicted molar refractivity (Wildman–Crippen MR) is 73.4 cm³/mol. The van der Waals surface area contributed by atoms with E-state index in [1.165, 1.54) is 12.1 Å². The first-order valence-corrected chi connectivity index (χ1v) is 7.82. The minimum atomic E-state index is -3.16. The van der Waals surface area contributed by atoms with E-state index >= 15 is 0 Å². The number of hydrogen-bond donors (Lipinski definition) is 2. The number of halogens is 1. The number of nitrogens with two attached hydrogens (primary N) is 1. The zero-order valence-electron chi connectivity index (χ0n) is 11.0. The summed E-state index contributed by atoms with van der Waals surface area (Å²) in [6, 6.07) is 3.76. The van der Waals surface area contributed by atoms with Gasteiger partial charge < -0.3 is 15.7 Å².